The van der Waals surface area contributed by atoms with Crippen molar-refractivity contribution in [2.24, 2.45) is 0 Å². The molecule has 0 bridgehead atoms. The summed E-state index contributed by atoms with van der Waals surface area (Å²) in [6.45, 7) is 5.88. The van der Waals surface area contributed by atoms with Crippen molar-refractivity contribution in [1.82, 2.24) is 5.16 Å². The molecule has 0 aliphatic rings. The van der Waals surface area contributed by atoms with Gasteiger partial charge in [0.25, 0.3) is 10.0 Å². The van der Waals surface area contributed by atoms with Crippen LogP contribution in [0.4, 0.5) is 5.69 Å². The average Bonchev–Trinajstić information content (AvgIpc) is 3.34. The number of sulfonamides is 1. The van der Waals surface area contributed by atoms with Crippen LogP contribution in [0.1, 0.15) is 47.0 Å². The fourth-order valence-corrected chi connectivity index (χ4v) is 6.13. The van der Waals surface area contributed by atoms with Gasteiger partial charge in [-0.1, -0.05) is 54.3 Å². The summed E-state index contributed by atoms with van der Waals surface area (Å²) in [5.74, 6) is 0.582. The van der Waals surface area contributed by atoms with E-state index >= 15 is 0 Å². The molecule has 0 amide bonds. The van der Waals surface area contributed by atoms with Gasteiger partial charge in [-0.15, -0.1) is 0 Å². The molecule has 0 spiro atoms. The lowest BCUT2D eigenvalue weighted by molar-refractivity contribution is 0.0600. The molecule has 0 atom stereocenters. The van der Waals surface area contributed by atoms with Crippen LogP contribution in [0.2, 0.25) is 10.0 Å². The van der Waals surface area contributed by atoms with E-state index in [1.807, 2.05) is 13.8 Å². The lowest BCUT2D eigenvalue weighted by Gasteiger charge is -2.22. The first-order chi connectivity index (χ1) is 18.9. The summed E-state index contributed by atoms with van der Waals surface area (Å²) in [5.41, 5.74) is 3.05. The third-order valence-electron chi connectivity index (χ3n) is 6.35. The molecule has 11 heteroatoms. The number of ether oxygens (including phenoxy) is 2. The van der Waals surface area contributed by atoms with E-state index in [0.29, 0.717) is 44.1 Å². The Balaban J connectivity index is 1.60. The maximum absolute atomic E-state index is 13.3. The fourth-order valence-electron chi connectivity index (χ4n) is 4.25. The highest BCUT2D eigenvalue weighted by Gasteiger charge is 2.26. The average molecular weight is 604 g/mol. The number of hydrogen-bond acceptors (Lipinski definition) is 7. The largest absolute Gasteiger partial charge is 0.489 e. The van der Waals surface area contributed by atoms with Crippen LogP contribution in [-0.2, 0) is 21.4 Å². The molecule has 0 saturated heterocycles. The first kappa shape index (κ1) is 29.5. The standard InChI is InChI=1S/C29H28Cl2N2O6S/c1-17(2)28-22(27(32-39-28)26-23(30)10-7-11-24(26)31)16-38-20-12-13-25(18(3)14-20)33(4)40(35,36)21-9-6-8-19(15-21)29(34)37-5/h6-15,17H,16H2,1-5H3. The van der Waals surface area contributed by atoms with Gasteiger partial charge in [0.05, 0.1) is 38.9 Å². The predicted molar refractivity (Wildman–Crippen MR) is 155 cm³/mol. The maximum Gasteiger partial charge on any atom is 0.337 e. The topological polar surface area (TPSA) is 98.9 Å². The zero-order chi connectivity index (χ0) is 29.2. The Bertz CT molecular complexity index is 1650. The van der Waals surface area contributed by atoms with E-state index in [4.69, 9.17) is 37.2 Å². The number of rotatable bonds is 9. The normalized spacial score (nSPS) is 11.5. The van der Waals surface area contributed by atoms with Crippen LogP contribution in [0.15, 0.2) is 70.1 Å². The van der Waals surface area contributed by atoms with Gasteiger partial charge in [-0.3, -0.25) is 4.31 Å². The number of carbonyl (C=O) groups excluding carboxylic acids is 1. The van der Waals surface area contributed by atoms with Crippen molar-refractivity contribution in [1.29, 1.82) is 0 Å². The lowest BCUT2D eigenvalue weighted by atomic mass is 10.0. The first-order valence-corrected chi connectivity index (χ1v) is 14.5. The minimum atomic E-state index is -3.96. The molecule has 1 heterocycles. The van der Waals surface area contributed by atoms with Crippen molar-refractivity contribution in [3.8, 4) is 17.0 Å². The quantitative estimate of drug-likeness (QED) is 0.186. The van der Waals surface area contributed by atoms with Crippen molar-refractivity contribution in [2.75, 3.05) is 18.5 Å². The minimum absolute atomic E-state index is 0.0294. The van der Waals surface area contributed by atoms with E-state index in [2.05, 4.69) is 5.16 Å². The van der Waals surface area contributed by atoms with E-state index in [9.17, 15) is 13.2 Å². The molecule has 0 aliphatic heterocycles. The Kier molecular flexibility index (Phi) is 8.77. The number of methoxy groups -OCH3 is 1. The van der Waals surface area contributed by atoms with Crippen molar-refractivity contribution in [3.63, 3.8) is 0 Å². The zero-order valence-corrected chi connectivity index (χ0v) is 24.9. The highest BCUT2D eigenvalue weighted by atomic mass is 35.5. The van der Waals surface area contributed by atoms with Crippen LogP contribution in [0.3, 0.4) is 0 Å². The van der Waals surface area contributed by atoms with Gasteiger partial charge in [0.2, 0.25) is 0 Å². The number of anilines is 1. The van der Waals surface area contributed by atoms with E-state index in [-0.39, 0.29) is 23.0 Å². The Morgan fingerprint density at radius 3 is 2.35 bits per heavy atom. The van der Waals surface area contributed by atoms with Gasteiger partial charge in [-0.05, 0) is 61.0 Å². The molecule has 40 heavy (non-hydrogen) atoms. The third-order valence-corrected chi connectivity index (χ3v) is 8.74. The highest BCUT2D eigenvalue weighted by Crippen LogP contribution is 2.39. The molecule has 0 saturated carbocycles. The molecule has 0 fully saturated rings. The summed E-state index contributed by atoms with van der Waals surface area (Å²) >= 11 is 12.9. The molecule has 4 rings (SSSR count). The highest BCUT2D eigenvalue weighted by molar-refractivity contribution is 7.92. The molecule has 0 unspecified atom stereocenters. The summed E-state index contributed by atoms with van der Waals surface area (Å²) in [4.78, 5) is 11.9. The Morgan fingerprint density at radius 2 is 1.73 bits per heavy atom. The monoisotopic (exact) mass is 602 g/mol. The Hall–Kier alpha value is -3.53. The molecule has 0 aliphatic carbocycles. The van der Waals surface area contributed by atoms with Crippen molar-refractivity contribution < 1.29 is 27.2 Å². The predicted octanol–water partition coefficient (Wildman–Crippen LogP) is 7.27. The number of aromatic nitrogens is 1. The van der Waals surface area contributed by atoms with Crippen LogP contribution >= 0.6 is 23.2 Å². The lowest BCUT2D eigenvalue weighted by Crippen LogP contribution is -2.27. The van der Waals surface area contributed by atoms with Crippen LogP contribution in [0, 0.1) is 6.92 Å². The number of carbonyl (C=O) groups is 1. The molecule has 0 N–H and O–H groups in total. The SMILES string of the molecule is COC(=O)c1cccc(S(=O)(=O)N(C)c2ccc(OCc3c(-c4c(Cl)cccc4Cl)noc3C(C)C)cc2C)c1. The molecule has 4 aromatic rings. The minimum Gasteiger partial charge on any atom is -0.489 e. The maximum atomic E-state index is 13.3. The number of aryl methyl sites for hydroxylation is 1. The Labute approximate surface area is 243 Å². The van der Waals surface area contributed by atoms with Crippen molar-refractivity contribution in [2.45, 2.75) is 38.2 Å². The summed E-state index contributed by atoms with van der Waals surface area (Å²) in [6, 6.07) is 16.0. The number of nitrogens with zero attached hydrogens (tertiary/aromatic N) is 2. The van der Waals surface area contributed by atoms with Gasteiger partial charge in [0, 0.05) is 18.5 Å². The summed E-state index contributed by atoms with van der Waals surface area (Å²) in [7, 11) is -1.27. The van der Waals surface area contributed by atoms with Gasteiger partial charge >= 0.3 is 5.97 Å². The second-order valence-electron chi connectivity index (χ2n) is 9.35. The van der Waals surface area contributed by atoms with E-state index in [1.165, 1.54) is 38.4 Å². The van der Waals surface area contributed by atoms with Gasteiger partial charge in [-0.2, -0.15) is 0 Å². The third kappa shape index (κ3) is 5.82. The molecule has 3 aromatic carbocycles. The Morgan fingerprint density at radius 1 is 1.05 bits per heavy atom. The van der Waals surface area contributed by atoms with Crippen molar-refractivity contribution in [3.05, 3.63) is 93.2 Å². The molecule has 210 valence electrons. The second kappa shape index (κ2) is 11.9. The summed E-state index contributed by atoms with van der Waals surface area (Å²) in [5, 5.41) is 5.14. The van der Waals surface area contributed by atoms with Gasteiger partial charge in [0.15, 0.2) is 0 Å². The summed E-state index contributed by atoms with van der Waals surface area (Å²) in [6.07, 6.45) is 0. The first-order valence-electron chi connectivity index (χ1n) is 12.3. The van der Waals surface area contributed by atoms with Crippen LogP contribution in [-0.4, -0.2) is 33.7 Å². The van der Waals surface area contributed by atoms with Crippen LogP contribution in [0.5, 0.6) is 5.75 Å². The number of esters is 1. The van der Waals surface area contributed by atoms with E-state index < -0.39 is 16.0 Å². The van der Waals surface area contributed by atoms with E-state index in [1.54, 1.807) is 43.3 Å². The second-order valence-corrected chi connectivity index (χ2v) is 12.1. The van der Waals surface area contributed by atoms with Gasteiger partial charge in [0.1, 0.15) is 23.8 Å². The smallest absolute Gasteiger partial charge is 0.337 e. The fraction of sp³-hybridized carbons (Fsp3) is 0.241. The zero-order valence-electron chi connectivity index (χ0n) is 22.6. The molecule has 1 aromatic heterocycles. The van der Waals surface area contributed by atoms with E-state index in [0.717, 1.165) is 9.87 Å². The number of hydrogen-bond donors (Lipinski definition) is 0. The molecular formula is C29H28Cl2N2O6S. The molecule has 8 nitrogen and oxygen atoms in total. The molecule has 0 radical (unpaired) electrons. The molecular weight excluding hydrogens is 575 g/mol. The van der Waals surface area contributed by atoms with Crippen LogP contribution < -0.4 is 9.04 Å². The van der Waals surface area contributed by atoms with Gasteiger partial charge in [-0.25, -0.2) is 13.2 Å². The van der Waals surface area contributed by atoms with Gasteiger partial charge < -0.3 is 14.0 Å². The van der Waals surface area contributed by atoms with Crippen molar-refractivity contribution >= 4 is 44.9 Å². The number of halogens is 2. The summed E-state index contributed by atoms with van der Waals surface area (Å²) < 4.78 is 44.3. The number of benzene rings is 3. The van der Waals surface area contributed by atoms with Crippen LogP contribution in [0.25, 0.3) is 11.3 Å².